The third kappa shape index (κ3) is 10.7. The maximum Gasteiger partial charge on any atom is 0.246 e. The number of methoxy groups -OCH3 is 1. The molecule has 1 aromatic carbocycles. The molecule has 3 N–H and O–H groups in total. The van der Waals surface area contributed by atoms with Gasteiger partial charge < -0.3 is 30.5 Å². The summed E-state index contributed by atoms with van der Waals surface area (Å²) >= 11 is 0. The van der Waals surface area contributed by atoms with E-state index < -0.39 is 12.0 Å². The predicted octanol–water partition coefficient (Wildman–Crippen LogP) is 3.72. The zero-order valence-electron chi connectivity index (χ0n) is 25.0. The molecule has 0 unspecified atom stereocenters. The molecule has 11 nitrogen and oxygen atoms in total. The smallest absolute Gasteiger partial charge is 0.246 e. The molecule has 226 valence electrons. The summed E-state index contributed by atoms with van der Waals surface area (Å²) in [6.07, 6.45) is 7.31. The summed E-state index contributed by atoms with van der Waals surface area (Å²) in [5, 5.41) is 9.12. The molecule has 0 spiro atoms. The summed E-state index contributed by atoms with van der Waals surface area (Å²) in [6.45, 7) is 2.74. The van der Waals surface area contributed by atoms with E-state index in [1.54, 1.807) is 33.4 Å². The Morgan fingerprint density at radius 1 is 1.05 bits per heavy atom. The lowest BCUT2D eigenvalue weighted by Gasteiger charge is -2.23. The van der Waals surface area contributed by atoms with Gasteiger partial charge in [-0.05, 0) is 63.8 Å². The van der Waals surface area contributed by atoms with E-state index in [0.29, 0.717) is 43.0 Å². The van der Waals surface area contributed by atoms with Gasteiger partial charge in [-0.3, -0.25) is 9.59 Å². The van der Waals surface area contributed by atoms with E-state index >= 15 is 0 Å². The molecule has 0 aliphatic rings. The molecule has 0 aliphatic heterocycles. The number of nitrogens with zero attached hydrogens (tertiary/aromatic N) is 5. The minimum atomic E-state index is -0.607. The van der Waals surface area contributed by atoms with Crippen LogP contribution in [0.5, 0.6) is 5.75 Å². The highest BCUT2D eigenvalue weighted by Gasteiger charge is 2.20. The number of carbonyl (C=O) groups excluding carboxylic acids is 2. The number of pyridine rings is 1. The fourth-order valence-corrected chi connectivity index (χ4v) is 3.56. The van der Waals surface area contributed by atoms with Gasteiger partial charge in [0.25, 0.3) is 0 Å². The Morgan fingerprint density at radius 3 is 2.47 bits per heavy atom. The summed E-state index contributed by atoms with van der Waals surface area (Å²) in [4.78, 5) is 40.7. The van der Waals surface area contributed by atoms with Gasteiger partial charge in [-0.1, -0.05) is 17.9 Å². The maximum atomic E-state index is 13.2. The van der Waals surface area contributed by atoms with Crippen molar-refractivity contribution >= 4 is 35.0 Å². The van der Waals surface area contributed by atoms with Gasteiger partial charge in [0, 0.05) is 38.3 Å². The number of unbranched alkanes of at least 4 members (excludes halogenated alkanes) is 1. The molecule has 0 aliphatic carbocycles. The van der Waals surface area contributed by atoms with E-state index in [9.17, 15) is 14.0 Å². The van der Waals surface area contributed by atoms with Crippen molar-refractivity contribution in [1.29, 1.82) is 0 Å². The minimum Gasteiger partial charge on any atom is -0.497 e. The van der Waals surface area contributed by atoms with Crippen LogP contribution in [-0.4, -0.2) is 84.0 Å². The number of ether oxygens (including phenoxy) is 1. The van der Waals surface area contributed by atoms with Crippen LogP contribution in [0.2, 0.25) is 0 Å². The summed E-state index contributed by atoms with van der Waals surface area (Å²) in [7, 11) is 7.03. The second-order valence-corrected chi connectivity index (χ2v) is 9.79. The molecule has 2 aromatic heterocycles. The quantitative estimate of drug-likeness (QED) is 0.119. The summed E-state index contributed by atoms with van der Waals surface area (Å²) < 4.78 is 18.4. The lowest BCUT2D eigenvalue weighted by atomic mass is 10.2. The highest BCUT2D eigenvalue weighted by atomic mass is 19.1. The van der Waals surface area contributed by atoms with Gasteiger partial charge in [0.1, 0.15) is 11.8 Å². The monoisotopic (exact) mass is 588 g/mol. The van der Waals surface area contributed by atoms with Gasteiger partial charge in [0.15, 0.2) is 5.82 Å². The van der Waals surface area contributed by atoms with Crippen molar-refractivity contribution < 1.29 is 18.7 Å². The van der Waals surface area contributed by atoms with Gasteiger partial charge in [-0.2, -0.15) is 9.37 Å². The van der Waals surface area contributed by atoms with Crippen LogP contribution in [0, 0.1) is 17.8 Å². The normalized spacial score (nSPS) is 11.4. The first kappa shape index (κ1) is 32.5. The topological polar surface area (TPSA) is 125 Å². The fourth-order valence-electron chi connectivity index (χ4n) is 3.56. The molecule has 43 heavy (non-hydrogen) atoms. The number of hydrogen-bond acceptors (Lipinski definition) is 9. The largest absolute Gasteiger partial charge is 0.497 e. The van der Waals surface area contributed by atoms with Crippen molar-refractivity contribution in [3.05, 3.63) is 72.5 Å². The highest BCUT2D eigenvalue weighted by molar-refractivity contribution is 5.92. The molecule has 0 saturated carbocycles. The van der Waals surface area contributed by atoms with Crippen molar-refractivity contribution in [2.24, 2.45) is 0 Å². The van der Waals surface area contributed by atoms with Gasteiger partial charge in [0.2, 0.25) is 23.7 Å². The van der Waals surface area contributed by atoms with Gasteiger partial charge in [0.05, 0.1) is 30.8 Å². The molecule has 0 saturated heterocycles. The number of nitrogens with one attached hydrogen (secondary N) is 3. The Labute approximate surface area is 251 Å². The minimum absolute atomic E-state index is 0.229. The van der Waals surface area contributed by atoms with E-state index in [0.717, 1.165) is 11.4 Å². The Hall–Kier alpha value is -5.02. The number of likely N-dealkylation sites (N-methyl/N-ethyl adjacent to an activating group) is 2. The van der Waals surface area contributed by atoms with Crippen molar-refractivity contribution in [3.8, 4) is 17.6 Å². The maximum absolute atomic E-state index is 13.2. The molecule has 12 heteroatoms. The molecule has 0 radical (unpaired) electrons. The number of benzene rings is 1. The van der Waals surface area contributed by atoms with Gasteiger partial charge >= 0.3 is 0 Å². The first-order valence-corrected chi connectivity index (χ1v) is 13.7. The number of halogens is 1. The van der Waals surface area contributed by atoms with Crippen molar-refractivity contribution in [2.45, 2.75) is 25.8 Å². The third-order valence-corrected chi connectivity index (χ3v) is 6.16. The van der Waals surface area contributed by atoms with E-state index in [2.05, 4.69) is 42.7 Å². The lowest BCUT2D eigenvalue weighted by Crippen LogP contribution is -2.45. The van der Waals surface area contributed by atoms with E-state index in [1.165, 1.54) is 29.3 Å². The number of rotatable bonds is 13. The van der Waals surface area contributed by atoms with E-state index in [-0.39, 0.29) is 17.8 Å². The number of hydrogen-bond donors (Lipinski definition) is 3. The Kier molecular flexibility index (Phi) is 12.4. The van der Waals surface area contributed by atoms with Crippen LogP contribution in [0.4, 0.5) is 27.5 Å². The molecule has 3 rings (SSSR count). The molecule has 1 atom stereocenters. The first-order valence-electron chi connectivity index (χ1n) is 13.7. The Balaban J connectivity index is 1.60. The molecule has 0 bridgehead atoms. The number of amides is 2. The fraction of sp³-hybridized carbons (Fsp3) is 0.323. The van der Waals surface area contributed by atoms with Crippen LogP contribution in [0.25, 0.3) is 0 Å². The van der Waals surface area contributed by atoms with E-state index in [4.69, 9.17) is 4.74 Å². The standard InChI is InChI=1S/C31H37FN8O3/c1-22(40(4)28(41)11-9-19-39(2)3)30(42)33-18-8-6-7-10-23-20-35-31(37-25-14-17-27(32)34-21-25)38-29(23)36-24-12-15-26(43-5)16-13-24/h9,11-17,20-22H,6,8,18-19H2,1-5H3,(H,33,42)(H2,35,36,37,38)/t22-/m0/s1. The van der Waals surface area contributed by atoms with Gasteiger partial charge in [-0.25, -0.2) is 9.97 Å². The second kappa shape index (κ2) is 16.4. The van der Waals surface area contributed by atoms with Crippen LogP contribution in [-0.2, 0) is 9.59 Å². The second-order valence-electron chi connectivity index (χ2n) is 9.79. The molecule has 3 aromatic rings. The molecular formula is C31H37FN8O3. The highest BCUT2D eigenvalue weighted by Crippen LogP contribution is 2.23. The average Bonchev–Trinajstić information content (AvgIpc) is 3.00. The SMILES string of the molecule is COc1ccc(Nc2nc(Nc3ccc(F)nc3)ncc2C#CCCCNC(=O)[C@H](C)N(C)C(=O)C=CCN(C)C)cc1. The average molecular weight is 589 g/mol. The zero-order valence-corrected chi connectivity index (χ0v) is 25.0. The van der Waals surface area contributed by atoms with Crippen LogP contribution < -0.4 is 20.7 Å². The van der Waals surface area contributed by atoms with Crippen LogP contribution in [0.15, 0.2) is 60.9 Å². The molecular weight excluding hydrogens is 551 g/mol. The Bertz CT molecular complexity index is 1450. The van der Waals surface area contributed by atoms with Gasteiger partial charge in [-0.15, -0.1) is 0 Å². The van der Waals surface area contributed by atoms with Crippen LogP contribution in [0.3, 0.4) is 0 Å². The van der Waals surface area contributed by atoms with Crippen molar-refractivity contribution in [3.63, 3.8) is 0 Å². The number of anilines is 4. The van der Waals surface area contributed by atoms with Crippen LogP contribution in [0.1, 0.15) is 25.3 Å². The molecule has 2 heterocycles. The summed E-state index contributed by atoms with van der Waals surface area (Å²) in [5.41, 5.74) is 1.87. The Morgan fingerprint density at radius 2 is 1.79 bits per heavy atom. The van der Waals surface area contributed by atoms with Crippen molar-refractivity contribution in [1.82, 2.24) is 30.1 Å². The van der Waals surface area contributed by atoms with Crippen LogP contribution >= 0.6 is 0 Å². The lowest BCUT2D eigenvalue weighted by molar-refractivity contribution is -0.135. The predicted molar refractivity (Wildman–Crippen MR) is 165 cm³/mol. The van der Waals surface area contributed by atoms with Crippen molar-refractivity contribution in [2.75, 3.05) is 52.0 Å². The third-order valence-electron chi connectivity index (χ3n) is 6.16. The number of carbonyl (C=O) groups is 2. The molecule has 2 amide bonds. The first-order chi connectivity index (χ1) is 20.7. The summed E-state index contributed by atoms with van der Waals surface area (Å²) in [6, 6.07) is 9.52. The molecule has 0 fully saturated rings. The van der Waals surface area contributed by atoms with E-state index in [1.807, 2.05) is 43.3 Å². The zero-order chi connectivity index (χ0) is 31.2. The summed E-state index contributed by atoms with van der Waals surface area (Å²) in [5.74, 6) is 6.63. The number of aromatic nitrogens is 3.